The number of nitrogens with zero attached hydrogens (tertiary/aromatic N) is 1. The molecule has 0 unspecified atom stereocenters. The molecule has 2 rings (SSSR count). The van der Waals surface area contributed by atoms with Gasteiger partial charge in [0, 0.05) is 5.56 Å². The molecule has 0 amide bonds. The smallest absolute Gasteiger partial charge is 0.358 e. The third kappa shape index (κ3) is 2.20. The number of hydrogen-bond acceptors (Lipinski definition) is 4. The molecule has 1 aromatic heterocycles. The van der Waals surface area contributed by atoms with Gasteiger partial charge in [0.1, 0.15) is 5.69 Å². The number of hydrogen-bond donors (Lipinski definition) is 2. The van der Waals surface area contributed by atoms with Crippen LogP contribution in [0.15, 0.2) is 24.3 Å². The number of esters is 1. The van der Waals surface area contributed by atoms with E-state index in [0.29, 0.717) is 18.0 Å². The minimum absolute atomic E-state index is 0.202. The number of nitrogen functional groups attached to an aromatic ring is 1. The molecule has 0 fully saturated rings. The quantitative estimate of drug-likeness (QED) is 0.812. The largest absolute Gasteiger partial charge is 0.461 e. The second kappa shape index (κ2) is 4.91. The van der Waals surface area contributed by atoms with Gasteiger partial charge in [0.15, 0.2) is 5.69 Å². The third-order valence-electron chi connectivity index (χ3n) is 2.58. The number of rotatable bonds is 3. The van der Waals surface area contributed by atoms with Crippen molar-refractivity contribution in [2.24, 2.45) is 0 Å². The van der Waals surface area contributed by atoms with Crippen LogP contribution in [0.3, 0.4) is 0 Å². The van der Waals surface area contributed by atoms with Gasteiger partial charge in [0.25, 0.3) is 0 Å². The molecule has 0 aliphatic carbocycles. The van der Waals surface area contributed by atoms with Crippen molar-refractivity contribution in [2.75, 3.05) is 12.3 Å². The summed E-state index contributed by atoms with van der Waals surface area (Å²) in [5.74, 6) is -0.485. The van der Waals surface area contributed by atoms with Crippen molar-refractivity contribution in [3.05, 3.63) is 35.5 Å². The number of ether oxygens (including phenoxy) is 1. The van der Waals surface area contributed by atoms with E-state index in [1.807, 2.05) is 31.2 Å². The third-order valence-corrected chi connectivity index (χ3v) is 2.58. The van der Waals surface area contributed by atoms with Crippen LogP contribution in [0, 0.1) is 6.92 Å². The summed E-state index contributed by atoms with van der Waals surface area (Å²) in [4.78, 5) is 11.6. The molecular formula is C13H15N3O2. The van der Waals surface area contributed by atoms with Crippen molar-refractivity contribution in [1.29, 1.82) is 0 Å². The van der Waals surface area contributed by atoms with Crippen LogP contribution in [-0.4, -0.2) is 22.8 Å². The number of H-pyrrole nitrogens is 1. The number of aryl methyl sites for hydroxylation is 1. The first-order valence-corrected chi connectivity index (χ1v) is 5.71. The fraction of sp³-hybridized carbons (Fsp3) is 0.231. The Kier molecular flexibility index (Phi) is 3.32. The fourth-order valence-corrected chi connectivity index (χ4v) is 1.72. The maximum Gasteiger partial charge on any atom is 0.358 e. The first-order valence-electron chi connectivity index (χ1n) is 5.71. The first-order chi connectivity index (χ1) is 8.63. The van der Waals surface area contributed by atoms with Gasteiger partial charge in [-0.1, -0.05) is 23.8 Å². The molecule has 0 aliphatic heterocycles. The van der Waals surface area contributed by atoms with Gasteiger partial charge in [-0.2, -0.15) is 5.10 Å². The van der Waals surface area contributed by atoms with Crippen molar-refractivity contribution in [3.8, 4) is 11.3 Å². The number of benzene rings is 1. The molecule has 0 saturated carbocycles. The van der Waals surface area contributed by atoms with Crippen molar-refractivity contribution >= 4 is 11.7 Å². The lowest BCUT2D eigenvalue weighted by molar-refractivity contribution is 0.0520. The topological polar surface area (TPSA) is 81.0 Å². The van der Waals surface area contributed by atoms with E-state index in [1.165, 1.54) is 0 Å². The summed E-state index contributed by atoms with van der Waals surface area (Å²) in [5, 5.41) is 6.71. The van der Waals surface area contributed by atoms with Gasteiger partial charge >= 0.3 is 5.97 Å². The molecule has 1 heterocycles. The molecule has 2 aromatic rings. The molecular weight excluding hydrogens is 230 g/mol. The van der Waals surface area contributed by atoms with E-state index in [2.05, 4.69) is 10.2 Å². The fourth-order valence-electron chi connectivity index (χ4n) is 1.72. The lowest BCUT2D eigenvalue weighted by Gasteiger charge is -2.01. The minimum atomic E-state index is -0.485. The summed E-state index contributed by atoms with van der Waals surface area (Å²) in [5.41, 5.74) is 8.99. The van der Waals surface area contributed by atoms with Gasteiger partial charge < -0.3 is 10.5 Å². The van der Waals surface area contributed by atoms with Crippen molar-refractivity contribution in [3.63, 3.8) is 0 Å². The summed E-state index contributed by atoms with van der Waals surface area (Å²) in [6, 6.07) is 7.76. The SMILES string of the molecule is CCOC(=O)c1[nH]nc(-c2cccc(C)c2)c1N. The van der Waals surface area contributed by atoms with Crippen molar-refractivity contribution < 1.29 is 9.53 Å². The van der Waals surface area contributed by atoms with Crippen LogP contribution in [0.2, 0.25) is 0 Å². The molecule has 5 nitrogen and oxygen atoms in total. The maximum atomic E-state index is 11.6. The Hall–Kier alpha value is -2.30. The second-order valence-corrected chi connectivity index (χ2v) is 3.95. The van der Waals surface area contributed by atoms with Crippen molar-refractivity contribution in [2.45, 2.75) is 13.8 Å². The number of anilines is 1. The summed E-state index contributed by atoms with van der Waals surface area (Å²) in [7, 11) is 0. The maximum absolute atomic E-state index is 11.6. The molecule has 0 spiro atoms. The number of aromatic nitrogens is 2. The standard InChI is InChI=1S/C13H15N3O2/c1-3-18-13(17)12-10(14)11(15-16-12)9-6-4-5-8(2)7-9/h4-7H,3,14H2,1-2H3,(H,15,16). The summed E-state index contributed by atoms with van der Waals surface area (Å²) in [6.07, 6.45) is 0. The average molecular weight is 245 g/mol. The lowest BCUT2D eigenvalue weighted by Crippen LogP contribution is -2.07. The van der Waals surface area contributed by atoms with E-state index in [0.717, 1.165) is 11.1 Å². The Morgan fingerprint density at radius 2 is 2.28 bits per heavy atom. The van der Waals surface area contributed by atoms with Gasteiger partial charge in [-0.05, 0) is 19.9 Å². The molecule has 0 aliphatic rings. The van der Waals surface area contributed by atoms with Crippen LogP contribution in [0.4, 0.5) is 5.69 Å². The molecule has 0 bridgehead atoms. The van der Waals surface area contributed by atoms with Gasteiger partial charge in [-0.15, -0.1) is 0 Å². The normalized spacial score (nSPS) is 10.3. The van der Waals surface area contributed by atoms with Crippen LogP contribution in [0.1, 0.15) is 23.0 Å². The highest BCUT2D eigenvalue weighted by atomic mass is 16.5. The molecule has 0 radical (unpaired) electrons. The van der Waals surface area contributed by atoms with Crippen LogP contribution in [-0.2, 0) is 4.74 Å². The van der Waals surface area contributed by atoms with Crippen LogP contribution >= 0.6 is 0 Å². The molecule has 1 aromatic carbocycles. The van der Waals surface area contributed by atoms with E-state index < -0.39 is 5.97 Å². The number of nitrogens with two attached hydrogens (primary N) is 1. The van der Waals surface area contributed by atoms with E-state index >= 15 is 0 Å². The van der Waals surface area contributed by atoms with Crippen LogP contribution < -0.4 is 5.73 Å². The highest BCUT2D eigenvalue weighted by molar-refractivity contribution is 5.96. The Balaban J connectivity index is 2.39. The number of nitrogens with one attached hydrogen (secondary N) is 1. The number of aromatic amines is 1. The predicted octanol–water partition coefficient (Wildman–Crippen LogP) is 2.14. The predicted molar refractivity (Wildman–Crippen MR) is 69.1 cm³/mol. The highest BCUT2D eigenvalue weighted by Gasteiger charge is 2.18. The zero-order valence-corrected chi connectivity index (χ0v) is 10.4. The van der Waals surface area contributed by atoms with Crippen LogP contribution in [0.5, 0.6) is 0 Å². The van der Waals surface area contributed by atoms with E-state index in [-0.39, 0.29) is 5.69 Å². The van der Waals surface area contributed by atoms with Gasteiger partial charge in [-0.3, -0.25) is 5.10 Å². The average Bonchev–Trinajstić information content (AvgIpc) is 2.71. The molecule has 0 atom stereocenters. The molecule has 5 heteroatoms. The summed E-state index contributed by atoms with van der Waals surface area (Å²) >= 11 is 0. The number of carbonyl (C=O) groups is 1. The van der Waals surface area contributed by atoms with Crippen LogP contribution in [0.25, 0.3) is 11.3 Å². The zero-order chi connectivity index (χ0) is 13.1. The van der Waals surface area contributed by atoms with E-state index in [9.17, 15) is 4.79 Å². The highest BCUT2D eigenvalue weighted by Crippen LogP contribution is 2.26. The van der Waals surface area contributed by atoms with E-state index in [1.54, 1.807) is 6.92 Å². The number of carbonyl (C=O) groups excluding carboxylic acids is 1. The van der Waals surface area contributed by atoms with Crippen molar-refractivity contribution in [1.82, 2.24) is 10.2 Å². The van der Waals surface area contributed by atoms with E-state index in [4.69, 9.17) is 10.5 Å². The lowest BCUT2D eigenvalue weighted by atomic mass is 10.1. The molecule has 94 valence electrons. The Morgan fingerprint density at radius 3 is 2.94 bits per heavy atom. The van der Waals surface area contributed by atoms with Gasteiger partial charge in [-0.25, -0.2) is 4.79 Å². The summed E-state index contributed by atoms with van der Waals surface area (Å²) in [6.45, 7) is 4.03. The second-order valence-electron chi connectivity index (χ2n) is 3.95. The molecule has 0 saturated heterocycles. The first kappa shape index (κ1) is 12.2. The minimum Gasteiger partial charge on any atom is -0.461 e. The summed E-state index contributed by atoms with van der Waals surface area (Å²) < 4.78 is 4.89. The van der Waals surface area contributed by atoms with Gasteiger partial charge in [0.05, 0.1) is 12.3 Å². The Labute approximate surface area is 105 Å². The Morgan fingerprint density at radius 1 is 1.50 bits per heavy atom. The molecule has 3 N–H and O–H groups in total. The monoisotopic (exact) mass is 245 g/mol. The zero-order valence-electron chi connectivity index (χ0n) is 10.4. The van der Waals surface area contributed by atoms with Gasteiger partial charge in [0.2, 0.25) is 0 Å². The Bertz CT molecular complexity index is 575. The molecule has 18 heavy (non-hydrogen) atoms.